The second-order valence-electron chi connectivity index (χ2n) is 7.89. The van der Waals surface area contributed by atoms with E-state index in [4.69, 9.17) is 9.97 Å². The molecule has 0 aliphatic rings. The first kappa shape index (κ1) is 21.4. The molecule has 0 radical (unpaired) electrons. The Hall–Kier alpha value is -3.79. The summed E-state index contributed by atoms with van der Waals surface area (Å²) in [6.07, 6.45) is 5.05. The standard InChI is InChI=1S/C28H27N3O/c1-21-10-8-9-13-23(21)17-18-25-20-29-26(19-16-22-11-4-2-5-12-22)27(30-25)31-28(32)24-14-6-3-7-15-24/h2-15,20H,16-19H2,1H3,(H,30,31,32). The van der Waals surface area contributed by atoms with Crippen molar-refractivity contribution in [2.24, 2.45) is 0 Å². The van der Waals surface area contributed by atoms with Gasteiger partial charge in [-0.1, -0.05) is 72.8 Å². The van der Waals surface area contributed by atoms with E-state index in [-0.39, 0.29) is 5.91 Å². The molecule has 0 bridgehead atoms. The van der Waals surface area contributed by atoms with Crippen LogP contribution in [0.4, 0.5) is 5.82 Å². The van der Waals surface area contributed by atoms with Gasteiger partial charge in [-0.3, -0.25) is 9.78 Å². The Kier molecular flexibility index (Phi) is 7.03. The van der Waals surface area contributed by atoms with Crippen molar-refractivity contribution in [1.29, 1.82) is 0 Å². The first-order valence-electron chi connectivity index (χ1n) is 11.0. The van der Waals surface area contributed by atoms with E-state index in [0.717, 1.165) is 30.7 Å². The summed E-state index contributed by atoms with van der Waals surface area (Å²) in [5.74, 6) is 0.383. The Bertz CT molecular complexity index is 1170. The van der Waals surface area contributed by atoms with Crippen LogP contribution >= 0.6 is 0 Å². The minimum Gasteiger partial charge on any atom is -0.305 e. The van der Waals surface area contributed by atoms with Crippen LogP contribution in [0.2, 0.25) is 0 Å². The molecule has 1 amide bonds. The van der Waals surface area contributed by atoms with E-state index in [0.29, 0.717) is 17.8 Å². The Morgan fingerprint density at radius 1 is 0.781 bits per heavy atom. The Labute approximate surface area is 189 Å². The molecule has 1 heterocycles. The third-order valence-corrected chi connectivity index (χ3v) is 5.57. The first-order chi connectivity index (χ1) is 15.7. The monoisotopic (exact) mass is 421 g/mol. The normalized spacial score (nSPS) is 10.7. The number of hydrogen-bond acceptors (Lipinski definition) is 3. The number of rotatable bonds is 8. The van der Waals surface area contributed by atoms with Crippen LogP contribution in [0.5, 0.6) is 0 Å². The number of benzene rings is 3. The Morgan fingerprint density at radius 3 is 2.22 bits per heavy atom. The highest BCUT2D eigenvalue weighted by Crippen LogP contribution is 2.17. The molecule has 4 rings (SSSR count). The van der Waals surface area contributed by atoms with Crippen LogP contribution in [0.3, 0.4) is 0 Å². The summed E-state index contributed by atoms with van der Waals surface area (Å²) in [5.41, 5.74) is 6.10. The molecule has 0 atom stereocenters. The molecule has 4 nitrogen and oxygen atoms in total. The Balaban J connectivity index is 1.54. The molecule has 1 N–H and O–H groups in total. The number of carbonyl (C=O) groups is 1. The summed E-state index contributed by atoms with van der Waals surface area (Å²) in [6.45, 7) is 2.12. The van der Waals surface area contributed by atoms with Crippen molar-refractivity contribution < 1.29 is 4.79 Å². The van der Waals surface area contributed by atoms with Gasteiger partial charge in [-0.2, -0.15) is 0 Å². The van der Waals surface area contributed by atoms with Crippen molar-refractivity contribution in [3.05, 3.63) is 125 Å². The van der Waals surface area contributed by atoms with Gasteiger partial charge < -0.3 is 5.32 Å². The van der Waals surface area contributed by atoms with Crippen LogP contribution in [0.25, 0.3) is 0 Å². The molecule has 0 aliphatic carbocycles. The average molecular weight is 422 g/mol. The molecule has 3 aromatic carbocycles. The highest BCUT2D eigenvalue weighted by atomic mass is 16.1. The highest BCUT2D eigenvalue weighted by Gasteiger charge is 2.13. The summed E-state index contributed by atoms with van der Waals surface area (Å²) in [6, 6.07) is 27.9. The molecule has 0 spiro atoms. The summed E-state index contributed by atoms with van der Waals surface area (Å²) in [4.78, 5) is 22.3. The van der Waals surface area contributed by atoms with Crippen LogP contribution in [-0.2, 0) is 25.7 Å². The van der Waals surface area contributed by atoms with Gasteiger partial charge in [0.15, 0.2) is 5.82 Å². The predicted molar refractivity (Wildman–Crippen MR) is 129 cm³/mol. The topological polar surface area (TPSA) is 54.9 Å². The first-order valence-corrected chi connectivity index (χ1v) is 11.0. The van der Waals surface area contributed by atoms with E-state index < -0.39 is 0 Å². The van der Waals surface area contributed by atoms with Gasteiger partial charge in [0.2, 0.25) is 0 Å². The largest absolute Gasteiger partial charge is 0.305 e. The molecule has 4 aromatic rings. The fraction of sp³-hybridized carbons (Fsp3) is 0.179. The van der Waals surface area contributed by atoms with Crippen molar-refractivity contribution in [2.75, 3.05) is 5.32 Å². The van der Waals surface area contributed by atoms with Crippen LogP contribution < -0.4 is 5.32 Å². The van der Waals surface area contributed by atoms with Gasteiger partial charge in [0, 0.05) is 11.8 Å². The lowest BCUT2D eigenvalue weighted by atomic mass is 10.0. The lowest BCUT2D eigenvalue weighted by molar-refractivity contribution is 0.102. The molecule has 1 aromatic heterocycles. The minimum atomic E-state index is -0.170. The molecule has 4 heteroatoms. The van der Waals surface area contributed by atoms with Gasteiger partial charge in [0.05, 0.1) is 11.4 Å². The molecule has 0 fully saturated rings. The smallest absolute Gasteiger partial charge is 0.256 e. The fourth-order valence-electron chi connectivity index (χ4n) is 3.68. The van der Waals surface area contributed by atoms with Crippen molar-refractivity contribution in [1.82, 2.24) is 9.97 Å². The lowest BCUT2D eigenvalue weighted by Crippen LogP contribution is -2.16. The summed E-state index contributed by atoms with van der Waals surface area (Å²) >= 11 is 0. The van der Waals surface area contributed by atoms with E-state index in [1.54, 1.807) is 12.1 Å². The molecular formula is C28H27N3O. The molecule has 0 unspecified atom stereocenters. The third-order valence-electron chi connectivity index (χ3n) is 5.57. The number of nitrogens with zero attached hydrogens (tertiary/aromatic N) is 2. The van der Waals surface area contributed by atoms with Crippen LogP contribution in [0.15, 0.2) is 91.1 Å². The van der Waals surface area contributed by atoms with Crippen molar-refractivity contribution >= 4 is 11.7 Å². The fourth-order valence-corrected chi connectivity index (χ4v) is 3.68. The summed E-state index contributed by atoms with van der Waals surface area (Å²) in [5, 5.41) is 3.00. The van der Waals surface area contributed by atoms with Gasteiger partial charge in [0.1, 0.15) is 0 Å². The maximum Gasteiger partial charge on any atom is 0.256 e. The predicted octanol–water partition coefficient (Wildman–Crippen LogP) is 5.61. The second kappa shape index (κ2) is 10.5. The number of hydrogen-bond donors (Lipinski definition) is 1. The molecule has 32 heavy (non-hydrogen) atoms. The second-order valence-corrected chi connectivity index (χ2v) is 7.89. The maximum absolute atomic E-state index is 12.8. The lowest BCUT2D eigenvalue weighted by Gasteiger charge is -2.12. The van der Waals surface area contributed by atoms with Crippen molar-refractivity contribution in [2.45, 2.75) is 32.6 Å². The van der Waals surface area contributed by atoms with Gasteiger partial charge >= 0.3 is 0 Å². The van der Waals surface area contributed by atoms with E-state index in [9.17, 15) is 4.79 Å². The molecule has 0 aliphatic heterocycles. The van der Waals surface area contributed by atoms with Gasteiger partial charge in [-0.05, 0) is 61.4 Å². The zero-order valence-electron chi connectivity index (χ0n) is 18.3. The van der Waals surface area contributed by atoms with Gasteiger partial charge in [0.25, 0.3) is 5.91 Å². The number of amides is 1. The van der Waals surface area contributed by atoms with Crippen LogP contribution in [0, 0.1) is 6.92 Å². The zero-order valence-corrected chi connectivity index (χ0v) is 18.3. The molecule has 0 saturated carbocycles. The molecular weight excluding hydrogens is 394 g/mol. The van der Waals surface area contributed by atoms with E-state index in [2.05, 4.69) is 48.6 Å². The number of anilines is 1. The SMILES string of the molecule is Cc1ccccc1CCc1cnc(CCc2ccccc2)c(NC(=O)c2ccccc2)n1. The highest BCUT2D eigenvalue weighted by molar-refractivity contribution is 6.03. The van der Waals surface area contributed by atoms with Crippen LogP contribution in [0.1, 0.15) is 38.4 Å². The molecule has 160 valence electrons. The van der Waals surface area contributed by atoms with Crippen LogP contribution in [-0.4, -0.2) is 15.9 Å². The quantitative estimate of drug-likeness (QED) is 0.402. The van der Waals surface area contributed by atoms with Crippen molar-refractivity contribution in [3.8, 4) is 0 Å². The molecule has 0 saturated heterocycles. The van der Waals surface area contributed by atoms with Gasteiger partial charge in [-0.25, -0.2) is 4.98 Å². The third kappa shape index (κ3) is 5.67. The maximum atomic E-state index is 12.8. The van der Waals surface area contributed by atoms with E-state index >= 15 is 0 Å². The zero-order chi connectivity index (χ0) is 22.2. The summed E-state index contributed by atoms with van der Waals surface area (Å²) < 4.78 is 0. The minimum absolute atomic E-state index is 0.170. The summed E-state index contributed by atoms with van der Waals surface area (Å²) in [7, 11) is 0. The average Bonchev–Trinajstić information content (AvgIpc) is 2.84. The number of nitrogens with one attached hydrogen (secondary N) is 1. The van der Waals surface area contributed by atoms with E-state index in [1.807, 2.05) is 42.6 Å². The van der Waals surface area contributed by atoms with Gasteiger partial charge in [-0.15, -0.1) is 0 Å². The number of carbonyl (C=O) groups excluding carboxylic acids is 1. The Morgan fingerprint density at radius 2 is 1.47 bits per heavy atom. The van der Waals surface area contributed by atoms with E-state index in [1.165, 1.54) is 16.7 Å². The van der Waals surface area contributed by atoms with Crippen molar-refractivity contribution in [3.63, 3.8) is 0 Å². The number of aryl methyl sites for hydroxylation is 5. The number of aromatic nitrogens is 2.